The Kier molecular flexibility index (Phi) is 5.39. The lowest BCUT2D eigenvalue weighted by Gasteiger charge is -2.22. The third-order valence-corrected chi connectivity index (χ3v) is 3.09. The third-order valence-electron chi connectivity index (χ3n) is 2.12. The monoisotopic (exact) mass is 351 g/mol. The molecule has 0 aliphatic rings. The molecule has 1 heterocycles. The van der Waals surface area contributed by atoms with Crippen molar-refractivity contribution >= 4 is 34.4 Å². The molecule has 0 radical (unpaired) electrons. The van der Waals surface area contributed by atoms with E-state index in [9.17, 15) is 9.59 Å². The first-order chi connectivity index (χ1) is 8.10. The number of rotatable bonds is 5. The molecular weight excluding hydrogens is 337 g/mol. The fraction of sp³-hybridized carbons (Fsp3) is 0.500. The average molecular weight is 351 g/mol. The van der Waals surface area contributed by atoms with Gasteiger partial charge >= 0.3 is 5.97 Å². The van der Waals surface area contributed by atoms with Crippen molar-refractivity contribution in [3.63, 3.8) is 0 Å². The highest BCUT2D eigenvalue weighted by molar-refractivity contribution is 14.1. The van der Waals surface area contributed by atoms with Crippen molar-refractivity contribution in [3.05, 3.63) is 20.3 Å². The molecule has 0 bridgehead atoms. The van der Waals surface area contributed by atoms with Gasteiger partial charge in [0.1, 0.15) is 15.9 Å². The number of carbonyl (C=O) groups is 1. The highest BCUT2D eigenvalue weighted by Gasteiger charge is 2.16. The minimum absolute atomic E-state index is 0.0940. The van der Waals surface area contributed by atoms with E-state index in [-0.39, 0.29) is 18.1 Å². The molecule has 1 N–H and O–H groups in total. The molecular formula is C10H14IN3O3. The SMILES string of the molecule is CCCN(CC(=O)OC)c1nc[nH]c(=O)c1I. The number of esters is 1. The number of methoxy groups -OCH3 is 1. The number of hydrogen-bond donors (Lipinski definition) is 1. The lowest BCUT2D eigenvalue weighted by Crippen LogP contribution is -2.34. The van der Waals surface area contributed by atoms with Gasteiger partial charge in [-0.05, 0) is 29.0 Å². The molecule has 0 fully saturated rings. The summed E-state index contributed by atoms with van der Waals surface area (Å²) in [7, 11) is 1.34. The Labute approximate surface area is 113 Å². The van der Waals surface area contributed by atoms with Crippen LogP contribution in [-0.2, 0) is 9.53 Å². The molecule has 0 aliphatic heterocycles. The van der Waals surface area contributed by atoms with Crippen LogP contribution in [0, 0.1) is 3.57 Å². The van der Waals surface area contributed by atoms with Gasteiger partial charge in [0, 0.05) is 6.54 Å². The van der Waals surface area contributed by atoms with E-state index in [1.54, 1.807) is 4.90 Å². The molecule has 6 nitrogen and oxygen atoms in total. The quantitative estimate of drug-likeness (QED) is 0.626. The van der Waals surface area contributed by atoms with Gasteiger partial charge in [-0.2, -0.15) is 0 Å². The molecule has 0 atom stereocenters. The Hall–Kier alpha value is -1.12. The topological polar surface area (TPSA) is 75.3 Å². The number of hydrogen-bond acceptors (Lipinski definition) is 5. The molecule has 1 rings (SSSR count). The zero-order valence-electron chi connectivity index (χ0n) is 9.70. The van der Waals surface area contributed by atoms with Crippen molar-refractivity contribution in [2.75, 3.05) is 25.1 Å². The molecule has 0 saturated carbocycles. The van der Waals surface area contributed by atoms with Gasteiger partial charge in [0.05, 0.1) is 13.4 Å². The Bertz CT molecular complexity index is 447. The number of carbonyl (C=O) groups excluding carboxylic acids is 1. The van der Waals surface area contributed by atoms with Gasteiger partial charge in [0.25, 0.3) is 5.56 Å². The minimum atomic E-state index is -0.351. The molecule has 0 aliphatic carbocycles. The van der Waals surface area contributed by atoms with Crippen molar-refractivity contribution in [2.24, 2.45) is 0 Å². The Balaban J connectivity index is 3.00. The first-order valence-corrected chi connectivity index (χ1v) is 6.23. The van der Waals surface area contributed by atoms with Crippen LogP contribution in [0.2, 0.25) is 0 Å². The maximum absolute atomic E-state index is 11.5. The summed E-state index contributed by atoms with van der Waals surface area (Å²) in [6.07, 6.45) is 2.18. The van der Waals surface area contributed by atoms with E-state index in [0.717, 1.165) is 6.42 Å². The van der Waals surface area contributed by atoms with Crippen LogP contribution >= 0.6 is 22.6 Å². The van der Waals surface area contributed by atoms with Crippen LogP contribution in [0.4, 0.5) is 5.82 Å². The highest BCUT2D eigenvalue weighted by Crippen LogP contribution is 2.15. The predicted molar refractivity (Wildman–Crippen MR) is 72.1 cm³/mol. The number of ether oxygens (including phenoxy) is 1. The Morgan fingerprint density at radius 1 is 1.65 bits per heavy atom. The zero-order valence-corrected chi connectivity index (χ0v) is 11.9. The molecule has 0 spiro atoms. The van der Waals surface area contributed by atoms with Crippen molar-refractivity contribution < 1.29 is 9.53 Å². The van der Waals surface area contributed by atoms with Gasteiger partial charge in [0.15, 0.2) is 0 Å². The van der Waals surface area contributed by atoms with Gasteiger partial charge in [-0.15, -0.1) is 0 Å². The van der Waals surface area contributed by atoms with Gasteiger partial charge < -0.3 is 14.6 Å². The molecule has 0 amide bonds. The van der Waals surface area contributed by atoms with Gasteiger partial charge in [-0.25, -0.2) is 4.98 Å². The Morgan fingerprint density at radius 3 is 2.94 bits per heavy atom. The van der Waals surface area contributed by atoms with Crippen molar-refractivity contribution in [1.82, 2.24) is 9.97 Å². The molecule has 1 aromatic heterocycles. The summed E-state index contributed by atoms with van der Waals surface area (Å²) >= 11 is 1.92. The van der Waals surface area contributed by atoms with E-state index in [4.69, 9.17) is 0 Å². The van der Waals surface area contributed by atoms with Crippen molar-refractivity contribution in [2.45, 2.75) is 13.3 Å². The van der Waals surface area contributed by atoms with Crippen LogP contribution in [0.5, 0.6) is 0 Å². The van der Waals surface area contributed by atoms with Crippen LogP contribution in [-0.4, -0.2) is 36.1 Å². The average Bonchev–Trinajstić information content (AvgIpc) is 2.32. The second-order valence-electron chi connectivity index (χ2n) is 3.37. The second kappa shape index (κ2) is 6.58. The van der Waals surface area contributed by atoms with E-state index in [1.165, 1.54) is 13.4 Å². The van der Waals surface area contributed by atoms with Crippen molar-refractivity contribution in [3.8, 4) is 0 Å². The van der Waals surface area contributed by atoms with E-state index in [2.05, 4.69) is 14.7 Å². The van der Waals surface area contributed by atoms with E-state index < -0.39 is 0 Å². The molecule has 0 aromatic carbocycles. The minimum Gasteiger partial charge on any atom is -0.468 e. The standard InChI is InChI=1S/C10H14IN3O3/c1-3-4-14(5-7(15)17-2)9-8(11)10(16)13-6-12-9/h6H,3-5H2,1-2H3,(H,12,13,16). The zero-order chi connectivity index (χ0) is 12.8. The fourth-order valence-electron chi connectivity index (χ4n) is 1.34. The number of aromatic nitrogens is 2. The maximum Gasteiger partial charge on any atom is 0.325 e. The van der Waals surface area contributed by atoms with Crippen LogP contribution in [0.3, 0.4) is 0 Å². The van der Waals surface area contributed by atoms with Crippen molar-refractivity contribution in [1.29, 1.82) is 0 Å². The molecule has 94 valence electrons. The summed E-state index contributed by atoms with van der Waals surface area (Å²) in [6.45, 7) is 2.72. The van der Waals surface area contributed by atoms with E-state index >= 15 is 0 Å². The number of H-pyrrole nitrogens is 1. The molecule has 7 heteroatoms. The van der Waals surface area contributed by atoms with Gasteiger partial charge in [-0.3, -0.25) is 9.59 Å². The fourth-order valence-corrected chi connectivity index (χ4v) is 1.98. The van der Waals surface area contributed by atoms with E-state index in [1.807, 2.05) is 29.5 Å². The highest BCUT2D eigenvalue weighted by atomic mass is 127. The Morgan fingerprint density at radius 2 is 2.35 bits per heavy atom. The number of nitrogens with one attached hydrogen (secondary N) is 1. The third kappa shape index (κ3) is 3.69. The maximum atomic E-state index is 11.5. The first-order valence-electron chi connectivity index (χ1n) is 5.15. The van der Waals surface area contributed by atoms with Crippen LogP contribution in [0.1, 0.15) is 13.3 Å². The lowest BCUT2D eigenvalue weighted by atomic mass is 10.4. The number of halogens is 1. The lowest BCUT2D eigenvalue weighted by molar-refractivity contribution is -0.138. The summed E-state index contributed by atoms with van der Waals surface area (Å²) in [4.78, 5) is 31.1. The van der Waals surface area contributed by atoms with Gasteiger partial charge in [-0.1, -0.05) is 6.92 Å². The summed E-state index contributed by atoms with van der Waals surface area (Å²) in [6, 6.07) is 0. The second-order valence-corrected chi connectivity index (χ2v) is 4.45. The summed E-state index contributed by atoms with van der Waals surface area (Å²) in [5.74, 6) is 0.165. The van der Waals surface area contributed by atoms with E-state index in [0.29, 0.717) is 15.9 Å². The van der Waals surface area contributed by atoms with Gasteiger partial charge in [0.2, 0.25) is 0 Å². The number of anilines is 1. The molecule has 0 saturated heterocycles. The summed E-state index contributed by atoms with van der Waals surface area (Å²) in [5, 5.41) is 0. The largest absolute Gasteiger partial charge is 0.468 e. The predicted octanol–water partition coefficient (Wildman–Crippen LogP) is 0.764. The molecule has 17 heavy (non-hydrogen) atoms. The normalized spacial score (nSPS) is 10.1. The van der Waals surface area contributed by atoms with Crippen LogP contribution in [0.15, 0.2) is 11.1 Å². The summed E-state index contributed by atoms with van der Waals surface area (Å²) in [5.41, 5.74) is -0.207. The number of aromatic amines is 1. The number of nitrogens with zero attached hydrogens (tertiary/aromatic N) is 2. The van der Waals surface area contributed by atoms with Crippen LogP contribution < -0.4 is 10.5 Å². The molecule has 0 unspecified atom stereocenters. The first kappa shape index (κ1) is 13.9. The molecule has 1 aromatic rings. The summed E-state index contributed by atoms with van der Waals surface area (Å²) < 4.78 is 5.10. The van der Waals surface area contributed by atoms with Crippen LogP contribution in [0.25, 0.3) is 0 Å². The smallest absolute Gasteiger partial charge is 0.325 e.